The van der Waals surface area contributed by atoms with E-state index in [4.69, 9.17) is 17.3 Å². The van der Waals surface area contributed by atoms with Gasteiger partial charge in [-0.2, -0.15) is 0 Å². The van der Waals surface area contributed by atoms with Gasteiger partial charge in [-0.3, -0.25) is 4.99 Å². The molecule has 0 saturated carbocycles. The molecule has 0 saturated heterocycles. The third-order valence-corrected chi connectivity index (χ3v) is 4.76. The number of hydrogen-bond acceptors (Lipinski definition) is 3. The predicted molar refractivity (Wildman–Crippen MR) is 92.0 cm³/mol. The molecule has 1 unspecified atom stereocenters. The van der Waals surface area contributed by atoms with E-state index < -0.39 is 0 Å². The Hall–Kier alpha value is -1.52. The van der Waals surface area contributed by atoms with Crippen LogP contribution < -0.4 is 10.6 Å². The molecular weight excluding hydrogens is 350 g/mol. The van der Waals surface area contributed by atoms with Crippen molar-refractivity contribution in [2.24, 2.45) is 10.7 Å². The Labute approximate surface area is 137 Å². The third-order valence-electron chi connectivity index (χ3n) is 3.64. The van der Waals surface area contributed by atoms with Crippen molar-refractivity contribution >= 4 is 39.2 Å². The normalized spacial score (nSPS) is 18.0. The quantitative estimate of drug-likeness (QED) is 0.864. The zero-order valence-electron chi connectivity index (χ0n) is 11.6. The van der Waals surface area contributed by atoms with Crippen LogP contribution in [0.4, 0.5) is 5.69 Å². The van der Waals surface area contributed by atoms with Gasteiger partial charge < -0.3 is 10.6 Å². The maximum absolute atomic E-state index is 6.10. The molecule has 3 nitrogen and oxygen atoms in total. The van der Waals surface area contributed by atoms with E-state index in [9.17, 15) is 0 Å². The number of aryl methyl sites for hydroxylation is 1. The van der Waals surface area contributed by atoms with Crippen molar-refractivity contribution in [2.75, 3.05) is 11.4 Å². The summed E-state index contributed by atoms with van der Waals surface area (Å²) in [5.74, 6) is 0.530. The molecule has 5 heteroatoms. The van der Waals surface area contributed by atoms with Gasteiger partial charge in [0, 0.05) is 15.2 Å². The first kappa shape index (κ1) is 14.4. The lowest BCUT2D eigenvalue weighted by Crippen LogP contribution is -2.36. The van der Waals surface area contributed by atoms with Gasteiger partial charge in [0.2, 0.25) is 0 Å². The molecule has 0 bridgehead atoms. The van der Waals surface area contributed by atoms with E-state index in [0.29, 0.717) is 17.5 Å². The van der Waals surface area contributed by atoms with E-state index >= 15 is 0 Å². The van der Waals surface area contributed by atoms with Crippen molar-refractivity contribution in [3.63, 3.8) is 0 Å². The van der Waals surface area contributed by atoms with Gasteiger partial charge in [-0.15, -0.1) is 0 Å². The van der Waals surface area contributed by atoms with E-state index in [1.165, 1.54) is 11.1 Å². The molecule has 1 aliphatic heterocycles. The van der Waals surface area contributed by atoms with Crippen LogP contribution in [0.2, 0.25) is 5.02 Å². The molecule has 1 atom stereocenters. The van der Waals surface area contributed by atoms with Gasteiger partial charge in [0.15, 0.2) is 5.96 Å². The molecule has 0 radical (unpaired) electrons. The topological polar surface area (TPSA) is 41.6 Å². The molecule has 1 aliphatic rings. The van der Waals surface area contributed by atoms with Crippen molar-refractivity contribution in [3.8, 4) is 0 Å². The molecule has 108 valence electrons. The average Bonchev–Trinajstić information content (AvgIpc) is 2.84. The average molecular weight is 365 g/mol. The molecule has 0 fully saturated rings. The molecule has 2 N–H and O–H groups in total. The van der Waals surface area contributed by atoms with Crippen molar-refractivity contribution in [2.45, 2.75) is 13.0 Å². The Kier molecular flexibility index (Phi) is 3.91. The van der Waals surface area contributed by atoms with Crippen molar-refractivity contribution in [1.82, 2.24) is 0 Å². The highest BCUT2D eigenvalue weighted by Gasteiger charge is 2.29. The Balaban J connectivity index is 2.00. The monoisotopic (exact) mass is 363 g/mol. The van der Waals surface area contributed by atoms with Gasteiger partial charge in [-0.25, -0.2) is 0 Å². The minimum absolute atomic E-state index is 0.107. The third kappa shape index (κ3) is 2.78. The first-order valence-electron chi connectivity index (χ1n) is 6.67. The number of nitrogens with two attached hydrogens (primary N) is 1. The molecule has 2 aromatic carbocycles. The maximum atomic E-state index is 6.10. The molecule has 0 amide bonds. The molecular formula is C16H15BrClN3. The Morgan fingerprint density at radius 2 is 2.10 bits per heavy atom. The Bertz CT molecular complexity index is 714. The highest BCUT2D eigenvalue weighted by Crippen LogP contribution is 2.33. The molecule has 0 spiro atoms. The summed E-state index contributed by atoms with van der Waals surface area (Å²) in [4.78, 5) is 6.44. The second-order valence-electron chi connectivity index (χ2n) is 5.07. The Morgan fingerprint density at radius 1 is 1.29 bits per heavy atom. The van der Waals surface area contributed by atoms with Crippen LogP contribution in [0.3, 0.4) is 0 Å². The van der Waals surface area contributed by atoms with Crippen LogP contribution in [0.25, 0.3) is 0 Å². The maximum Gasteiger partial charge on any atom is 0.196 e. The number of hydrogen-bond donors (Lipinski definition) is 1. The number of nitrogens with zero attached hydrogens (tertiary/aromatic N) is 2. The van der Waals surface area contributed by atoms with E-state index in [1.807, 2.05) is 29.2 Å². The second kappa shape index (κ2) is 5.70. The van der Waals surface area contributed by atoms with Gasteiger partial charge in [0.25, 0.3) is 0 Å². The summed E-state index contributed by atoms with van der Waals surface area (Å²) in [6, 6.07) is 14.1. The number of guanidine groups is 1. The predicted octanol–water partition coefficient (Wildman–Crippen LogP) is 4.29. The van der Waals surface area contributed by atoms with Gasteiger partial charge in [0.1, 0.15) is 0 Å². The summed E-state index contributed by atoms with van der Waals surface area (Å²) in [5.41, 5.74) is 9.44. The van der Waals surface area contributed by atoms with Crippen LogP contribution in [-0.4, -0.2) is 12.5 Å². The van der Waals surface area contributed by atoms with Crippen LogP contribution in [0.5, 0.6) is 0 Å². The van der Waals surface area contributed by atoms with Crippen LogP contribution in [0.15, 0.2) is 51.9 Å². The van der Waals surface area contributed by atoms with Crippen LogP contribution in [0, 0.1) is 6.92 Å². The SMILES string of the molecule is Cc1cc(C2CN=C(N)N2c2cccc(Cl)c2)ccc1Br. The van der Waals surface area contributed by atoms with Gasteiger partial charge in [0.05, 0.1) is 12.6 Å². The number of aliphatic imine (C=N–C) groups is 1. The van der Waals surface area contributed by atoms with E-state index in [1.54, 1.807) is 0 Å². The minimum Gasteiger partial charge on any atom is -0.369 e. The minimum atomic E-state index is 0.107. The number of benzene rings is 2. The lowest BCUT2D eigenvalue weighted by molar-refractivity contribution is 0.767. The van der Waals surface area contributed by atoms with Gasteiger partial charge in [-0.05, 0) is 42.3 Å². The van der Waals surface area contributed by atoms with Crippen LogP contribution >= 0.6 is 27.5 Å². The lowest BCUT2D eigenvalue weighted by atomic mass is 10.0. The smallest absolute Gasteiger partial charge is 0.196 e. The summed E-state index contributed by atoms with van der Waals surface area (Å²) < 4.78 is 1.10. The first-order chi connectivity index (χ1) is 10.1. The fraction of sp³-hybridized carbons (Fsp3) is 0.188. The van der Waals surface area contributed by atoms with E-state index in [0.717, 1.165) is 10.2 Å². The van der Waals surface area contributed by atoms with Crippen molar-refractivity contribution < 1.29 is 0 Å². The summed E-state index contributed by atoms with van der Waals surface area (Å²) in [5, 5.41) is 0.693. The number of rotatable bonds is 2. The number of anilines is 1. The standard InChI is InChI=1S/C16H15BrClN3/c1-10-7-11(5-6-14(10)17)15-9-20-16(19)21(15)13-4-2-3-12(18)8-13/h2-8,15H,9H2,1H3,(H2,19,20). The van der Waals surface area contributed by atoms with E-state index in [-0.39, 0.29) is 6.04 Å². The molecule has 0 aromatic heterocycles. The van der Waals surface area contributed by atoms with Crippen molar-refractivity contribution in [3.05, 3.63) is 63.1 Å². The van der Waals surface area contributed by atoms with Gasteiger partial charge in [-0.1, -0.05) is 45.7 Å². The summed E-state index contributed by atoms with van der Waals surface area (Å²) in [7, 11) is 0. The Morgan fingerprint density at radius 3 is 2.81 bits per heavy atom. The summed E-state index contributed by atoms with van der Waals surface area (Å²) >= 11 is 9.63. The molecule has 2 aromatic rings. The molecule has 0 aliphatic carbocycles. The first-order valence-corrected chi connectivity index (χ1v) is 7.84. The van der Waals surface area contributed by atoms with Crippen LogP contribution in [-0.2, 0) is 0 Å². The van der Waals surface area contributed by atoms with Crippen molar-refractivity contribution in [1.29, 1.82) is 0 Å². The van der Waals surface area contributed by atoms with E-state index in [2.05, 4.69) is 46.0 Å². The zero-order chi connectivity index (χ0) is 15.0. The zero-order valence-corrected chi connectivity index (χ0v) is 13.9. The molecule has 1 heterocycles. The van der Waals surface area contributed by atoms with Crippen LogP contribution in [0.1, 0.15) is 17.2 Å². The highest BCUT2D eigenvalue weighted by molar-refractivity contribution is 9.10. The highest BCUT2D eigenvalue weighted by atomic mass is 79.9. The van der Waals surface area contributed by atoms with Gasteiger partial charge >= 0.3 is 0 Å². The summed E-state index contributed by atoms with van der Waals surface area (Å²) in [6.45, 7) is 2.73. The largest absolute Gasteiger partial charge is 0.369 e. The lowest BCUT2D eigenvalue weighted by Gasteiger charge is -2.27. The summed E-state index contributed by atoms with van der Waals surface area (Å²) in [6.07, 6.45) is 0. The fourth-order valence-corrected chi connectivity index (χ4v) is 3.00. The fourth-order valence-electron chi connectivity index (χ4n) is 2.57. The second-order valence-corrected chi connectivity index (χ2v) is 6.36. The molecule has 3 rings (SSSR count). The molecule has 21 heavy (non-hydrogen) atoms. The number of halogens is 2.